The molecule has 1 saturated carbocycles. The molecule has 1 amide bonds. The normalized spacial score (nSPS) is 17.2. The number of carbonyl (C=O) groups is 1. The quantitative estimate of drug-likeness (QED) is 0.670. The minimum atomic E-state index is -0.644. The Labute approximate surface area is 80.1 Å². The lowest BCUT2D eigenvalue weighted by Gasteiger charge is -2.25. The Morgan fingerprint density at radius 1 is 1.46 bits per heavy atom. The maximum Gasteiger partial charge on any atom is 0.240 e. The number of nitrogens with one attached hydrogen (secondary N) is 1. The minimum absolute atomic E-state index is 0.0180. The number of hydrogen-bond donors (Lipinski definition) is 2. The molecule has 3 heteroatoms. The Morgan fingerprint density at radius 3 is 2.38 bits per heavy atom. The van der Waals surface area contributed by atoms with Crippen molar-refractivity contribution >= 4 is 5.91 Å². The SMILES string of the molecule is CCC(N)(CC)C(=O)NCC1CC1. The molecule has 0 spiro atoms. The van der Waals surface area contributed by atoms with Gasteiger partial charge in [-0.1, -0.05) is 13.8 Å². The summed E-state index contributed by atoms with van der Waals surface area (Å²) in [5.41, 5.74) is 5.29. The van der Waals surface area contributed by atoms with E-state index >= 15 is 0 Å². The summed E-state index contributed by atoms with van der Waals surface area (Å²) >= 11 is 0. The Hall–Kier alpha value is -0.570. The first-order valence-corrected chi connectivity index (χ1v) is 5.19. The first-order valence-electron chi connectivity index (χ1n) is 5.19. The second-order valence-electron chi connectivity index (χ2n) is 4.02. The van der Waals surface area contributed by atoms with Gasteiger partial charge in [-0.05, 0) is 31.6 Å². The highest BCUT2D eigenvalue weighted by atomic mass is 16.2. The van der Waals surface area contributed by atoms with Gasteiger partial charge in [-0.2, -0.15) is 0 Å². The molecule has 0 atom stereocenters. The van der Waals surface area contributed by atoms with Crippen molar-refractivity contribution in [2.24, 2.45) is 11.7 Å². The molecule has 13 heavy (non-hydrogen) atoms. The van der Waals surface area contributed by atoms with E-state index in [0.717, 1.165) is 12.5 Å². The van der Waals surface area contributed by atoms with Gasteiger partial charge in [0.25, 0.3) is 0 Å². The van der Waals surface area contributed by atoms with Gasteiger partial charge in [0, 0.05) is 6.54 Å². The molecular weight excluding hydrogens is 164 g/mol. The maximum atomic E-state index is 11.6. The molecule has 3 nitrogen and oxygen atoms in total. The van der Waals surface area contributed by atoms with Crippen LogP contribution in [0.1, 0.15) is 39.5 Å². The zero-order valence-corrected chi connectivity index (χ0v) is 8.60. The van der Waals surface area contributed by atoms with Gasteiger partial charge in [0.1, 0.15) is 0 Å². The van der Waals surface area contributed by atoms with Crippen LogP contribution in [-0.2, 0) is 4.79 Å². The van der Waals surface area contributed by atoms with Crippen LogP contribution in [-0.4, -0.2) is 18.0 Å². The fourth-order valence-corrected chi connectivity index (χ4v) is 1.31. The van der Waals surface area contributed by atoms with E-state index in [0.29, 0.717) is 12.8 Å². The number of amides is 1. The van der Waals surface area contributed by atoms with Gasteiger partial charge in [0.2, 0.25) is 5.91 Å². The molecule has 76 valence electrons. The highest BCUT2D eigenvalue weighted by Gasteiger charge is 2.31. The van der Waals surface area contributed by atoms with Gasteiger partial charge in [-0.25, -0.2) is 0 Å². The van der Waals surface area contributed by atoms with E-state index < -0.39 is 5.54 Å². The fourth-order valence-electron chi connectivity index (χ4n) is 1.31. The molecule has 0 aromatic rings. The summed E-state index contributed by atoms with van der Waals surface area (Å²) in [4.78, 5) is 11.6. The monoisotopic (exact) mass is 184 g/mol. The molecule has 0 aliphatic heterocycles. The van der Waals surface area contributed by atoms with E-state index in [2.05, 4.69) is 5.32 Å². The molecule has 0 aromatic heterocycles. The zero-order valence-electron chi connectivity index (χ0n) is 8.60. The van der Waals surface area contributed by atoms with Crippen molar-refractivity contribution in [2.75, 3.05) is 6.54 Å². The molecule has 0 bridgehead atoms. The summed E-state index contributed by atoms with van der Waals surface area (Å²) in [5.74, 6) is 0.742. The summed E-state index contributed by atoms with van der Waals surface area (Å²) in [6, 6.07) is 0. The van der Waals surface area contributed by atoms with Crippen LogP contribution < -0.4 is 11.1 Å². The molecule has 0 saturated heterocycles. The maximum absolute atomic E-state index is 11.6. The van der Waals surface area contributed by atoms with Crippen LogP contribution in [0.2, 0.25) is 0 Å². The largest absolute Gasteiger partial charge is 0.354 e. The molecule has 1 aliphatic carbocycles. The predicted octanol–water partition coefficient (Wildman–Crippen LogP) is 1.03. The number of hydrogen-bond acceptors (Lipinski definition) is 2. The molecule has 0 unspecified atom stereocenters. The summed E-state index contributed by atoms with van der Waals surface area (Å²) in [6.07, 6.45) is 3.94. The molecule has 1 rings (SSSR count). The Bertz CT molecular complexity index is 183. The van der Waals surface area contributed by atoms with E-state index in [4.69, 9.17) is 5.73 Å². The average Bonchev–Trinajstić information content (AvgIpc) is 2.96. The topological polar surface area (TPSA) is 55.1 Å². The lowest BCUT2D eigenvalue weighted by atomic mass is 9.93. The van der Waals surface area contributed by atoms with Crippen molar-refractivity contribution < 1.29 is 4.79 Å². The van der Waals surface area contributed by atoms with E-state index in [9.17, 15) is 4.79 Å². The first-order chi connectivity index (χ1) is 6.12. The fraction of sp³-hybridized carbons (Fsp3) is 0.900. The average molecular weight is 184 g/mol. The van der Waals surface area contributed by atoms with Crippen molar-refractivity contribution in [3.05, 3.63) is 0 Å². The Morgan fingerprint density at radius 2 is 2.00 bits per heavy atom. The standard InChI is InChI=1S/C10H20N2O/c1-3-10(11,4-2)9(13)12-7-8-5-6-8/h8H,3-7,11H2,1-2H3,(H,12,13). The third kappa shape index (κ3) is 2.69. The van der Waals surface area contributed by atoms with E-state index in [1.807, 2.05) is 13.8 Å². The smallest absolute Gasteiger partial charge is 0.240 e. The van der Waals surface area contributed by atoms with Gasteiger partial charge in [-0.3, -0.25) is 4.79 Å². The van der Waals surface area contributed by atoms with Crippen molar-refractivity contribution in [1.82, 2.24) is 5.32 Å². The minimum Gasteiger partial charge on any atom is -0.354 e. The number of nitrogens with two attached hydrogens (primary N) is 1. The number of carbonyl (C=O) groups excluding carboxylic acids is 1. The van der Waals surface area contributed by atoms with Crippen molar-refractivity contribution in [2.45, 2.75) is 45.1 Å². The van der Waals surface area contributed by atoms with Crippen LogP contribution in [0.4, 0.5) is 0 Å². The summed E-state index contributed by atoms with van der Waals surface area (Å²) in [7, 11) is 0. The van der Waals surface area contributed by atoms with Crippen molar-refractivity contribution in [3.63, 3.8) is 0 Å². The molecule has 1 fully saturated rings. The molecular formula is C10H20N2O. The van der Waals surface area contributed by atoms with Gasteiger partial charge < -0.3 is 11.1 Å². The van der Waals surface area contributed by atoms with E-state index in [1.165, 1.54) is 12.8 Å². The van der Waals surface area contributed by atoms with Crippen LogP contribution in [0, 0.1) is 5.92 Å². The third-order valence-electron chi connectivity index (χ3n) is 2.96. The summed E-state index contributed by atoms with van der Waals surface area (Å²) < 4.78 is 0. The van der Waals surface area contributed by atoms with Crippen molar-refractivity contribution in [3.8, 4) is 0 Å². The highest BCUT2D eigenvalue weighted by Crippen LogP contribution is 2.27. The lowest BCUT2D eigenvalue weighted by Crippen LogP contribution is -2.53. The van der Waals surface area contributed by atoms with Crippen molar-refractivity contribution in [1.29, 1.82) is 0 Å². The molecule has 0 heterocycles. The second-order valence-corrected chi connectivity index (χ2v) is 4.02. The highest BCUT2D eigenvalue weighted by molar-refractivity contribution is 5.85. The van der Waals surface area contributed by atoms with Gasteiger partial charge in [-0.15, -0.1) is 0 Å². The first kappa shape index (κ1) is 10.5. The second kappa shape index (κ2) is 4.09. The van der Waals surface area contributed by atoms with Crippen LogP contribution in [0.5, 0.6) is 0 Å². The third-order valence-corrected chi connectivity index (χ3v) is 2.96. The van der Waals surface area contributed by atoms with Crippen LogP contribution >= 0.6 is 0 Å². The van der Waals surface area contributed by atoms with Crippen LogP contribution in [0.25, 0.3) is 0 Å². The Kier molecular flexibility index (Phi) is 3.31. The Balaban J connectivity index is 2.33. The van der Waals surface area contributed by atoms with Crippen LogP contribution in [0.3, 0.4) is 0 Å². The van der Waals surface area contributed by atoms with Gasteiger partial charge in [0.05, 0.1) is 5.54 Å². The molecule has 3 N–H and O–H groups in total. The van der Waals surface area contributed by atoms with Gasteiger partial charge >= 0.3 is 0 Å². The van der Waals surface area contributed by atoms with Crippen LogP contribution in [0.15, 0.2) is 0 Å². The summed E-state index contributed by atoms with van der Waals surface area (Å²) in [5, 5.41) is 2.92. The molecule has 0 radical (unpaired) electrons. The molecule has 0 aromatic carbocycles. The predicted molar refractivity (Wildman–Crippen MR) is 53.2 cm³/mol. The summed E-state index contributed by atoms with van der Waals surface area (Å²) in [6.45, 7) is 4.73. The zero-order chi connectivity index (χ0) is 9.90. The molecule has 1 aliphatic rings. The lowest BCUT2D eigenvalue weighted by molar-refractivity contribution is -0.126. The number of rotatable bonds is 5. The van der Waals surface area contributed by atoms with E-state index in [1.54, 1.807) is 0 Å². The van der Waals surface area contributed by atoms with Gasteiger partial charge in [0.15, 0.2) is 0 Å². The van der Waals surface area contributed by atoms with E-state index in [-0.39, 0.29) is 5.91 Å².